The highest BCUT2D eigenvalue weighted by Gasteiger charge is 2.54. The molecule has 1 fully saturated rings. The number of carbonyl (C=O) groups excluding carboxylic acids is 1. The number of aryl methyl sites for hydroxylation is 1. The first kappa shape index (κ1) is 15.6. The molecule has 4 nitrogen and oxygen atoms in total. The second kappa shape index (κ2) is 5.84. The molecule has 0 unspecified atom stereocenters. The molecule has 1 aliphatic carbocycles. The number of nitrogens with one attached hydrogen (secondary N) is 1. The Labute approximate surface area is 144 Å². The van der Waals surface area contributed by atoms with E-state index >= 15 is 0 Å². The van der Waals surface area contributed by atoms with Crippen molar-refractivity contribution in [3.05, 3.63) is 71.7 Å². The highest BCUT2D eigenvalue weighted by Crippen LogP contribution is 2.49. The minimum absolute atomic E-state index is 0.102. The van der Waals surface area contributed by atoms with Gasteiger partial charge in [-0.05, 0) is 43.5 Å². The quantitative estimate of drug-likeness (QED) is 0.765. The average Bonchev–Trinajstić information content (AvgIpc) is 3.28. The zero-order chi connectivity index (χ0) is 17.4. The SMILES string of the molecule is Cc1ccccc1NC(=O)C1(c2cc(-c3ccccc3F)on2)CC1. The lowest BCUT2D eigenvalue weighted by Crippen LogP contribution is -2.28. The lowest BCUT2D eigenvalue weighted by Gasteiger charge is -2.13. The van der Waals surface area contributed by atoms with Crippen LogP contribution in [-0.2, 0) is 10.2 Å². The number of nitrogens with zero attached hydrogens (tertiary/aromatic N) is 1. The van der Waals surface area contributed by atoms with Crippen molar-refractivity contribution in [2.75, 3.05) is 5.32 Å². The third-order valence-corrected chi connectivity index (χ3v) is 4.72. The summed E-state index contributed by atoms with van der Waals surface area (Å²) >= 11 is 0. The van der Waals surface area contributed by atoms with Gasteiger partial charge in [-0.25, -0.2) is 4.39 Å². The third-order valence-electron chi connectivity index (χ3n) is 4.72. The Morgan fingerprint density at radius 1 is 1.16 bits per heavy atom. The number of anilines is 1. The van der Waals surface area contributed by atoms with Gasteiger partial charge < -0.3 is 9.84 Å². The van der Waals surface area contributed by atoms with Gasteiger partial charge in [0, 0.05) is 11.8 Å². The van der Waals surface area contributed by atoms with Gasteiger partial charge in [-0.2, -0.15) is 0 Å². The Bertz CT molecular complexity index is 944. The number of hydrogen-bond donors (Lipinski definition) is 1. The van der Waals surface area contributed by atoms with Crippen LogP contribution in [0.1, 0.15) is 24.1 Å². The van der Waals surface area contributed by atoms with Crippen LogP contribution in [0.15, 0.2) is 59.1 Å². The molecule has 1 saturated carbocycles. The van der Waals surface area contributed by atoms with E-state index in [1.54, 1.807) is 24.3 Å². The maximum absolute atomic E-state index is 13.9. The fourth-order valence-electron chi connectivity index (χ4n) is 2.97. The van der Waals surface area contributed by atoms with Gasteiger partial charge in [-0.1, -0.05) is 35.5 Å². The van der Waals surface area contributed by atoms with Crippen molar-refractivity contribution in [1.82, 2.24) is 5.16 Å². The number of amides is 1. The maximum Gasteiger partial charge on any atom is 0.236 e. The van der Waals surface area contributed by atoms with Crippen molar-refractivity contribution in [2.45, 2.75) is 25.2 Å². The monoisotopic (exact) mass is 336 g/mol. The summed E-state index contributed by atoms with van der Waals surface area (Å²) in [5, 5.41) is 7.03. The Hall–Kier alpha value is -2.95. The molecule has 2 aromatic carbocycles. The number of benzene rings is 2. The van der Waals surface area contributed by atoms with E-state index in [4.69, 9.17) is 4.52 Å². The summed E-state index contributed by atoms with van der Waals surface area (Å²) in [5.41, 5.74) is 2.00. The number of aromatic nitrogens is 1. The molecule has 1 N–H and O–H groups in total. The Morgan fingerprint density at radius 3 is 2.60 bits per heavy atom. The number of carbonyl (C=O) groups is 1. The van der Waals surface area contributed by atoms with Gasteiger partial charge >= 0.3 is 0 Å². The van der Waals surface area contributed by atoms with Crippen LogP contribution in [0.2, 0.25) is 0 Å². The molecule has 1 heterocycles. The molecule has 0 atom stereocenters. The molecule has 3 aromatic rings. The lowest BCUT2D eigenvalue weighted by molar-refractivity contribution is -0.118. The van der Waals surface area contributed by atoms with Crippen molar-refractivity contribution < 1.29 is 13.7 Å². The number of rotatable bonds is 4. The van der Waals surface area contributed by atoms with Crippen LogP contribution in [0.25, 0.3) is 11.3 Å². The molecule has 0 radical (unpaired) electrons. The topological polar surface area (TPSA) is 55.1 Å². The number of halogens is 1. The van der Waals surface area contributed by atoms with Gasteiger partial charge in [0.1, 0.15) is 5.82 Å². The van der Waals surface area contributed by atoms with Gasteiger partial charge in [-0.3, -0.25) is 4.79 Å². The van der Waals surface area contributed by atoms with Crippen molar-refractivity contribution in [3.63, 3.8) is 0 Å². The highest BCUT2D eigenvalue weighted by molar-refractivity contribution is 6.01. The second-order valence-electron chi connectivity index (χ2n) is 6.41. The van der Waals surface area contributed by atoms with Crippen molar-refractivity contribution in [2.24, 2.45) is 0 Å². The summed E-state index contributed by atoms with van der Waals surface area (Å²) in [7, 11) is 0. The molecule has 0 spiro atoms. The van der Waals surface area contributed by atoms with Crippen LogP contribution in [0.3, 0.4) is 0 Å². The zero-order valence-corrected chi connectivity index (χ0v) is 13.8. The van der Waals surface area contributed by atoms with E-state index in [0.717, 1.165) is 11.3 Å². The highest BCUT2D eigenvalue weighted by atomic mass is 19.1. The van der Waals surface area contributed by atoms with E-state index < -0.39 is 5.41 Å². The van der Waals surface area contributed by atoms with E-state index in [9.17, 15) is 9.18 Å². The molecular weight excluding hydrogens is 319 g/mol. The van der Waals surface area contributed by atoms with Crippen molar-refractivity contribution in [1.29, 1.82) is 0 Å². The fourth-order valence-corrected chi connectivity index (χ4v) is 2.97. The Morgan fingerprint density at radius 2 is 1.88 bits per heavy atom. The minimum atomic E-state index is -0.685. The average molecular weight is 336 g/mol. The summed E-state index contributed by atoms with van der Waals surface area (Å²) in [6, 6.07) is 15.7. The van der Waals surface area contributed by atoms with Crippen LogP contribution in [0.5, 0.6) is 0 Å². The molecule has 4 rings (SSSR count). The first-order chi connectivity index (χ1) is 12.1. The summed E-state index contributed by atoms with van der Waals surface area (Å²) in [6.45, 7) is 1.95. The maximum atomic E-state index is 13.9. The van der Waals surface area contributed by atoms with Gasteiger partial charge in [0.15, 0.2) is 5.76 Å². The van der Waals surface area contributed by atoms with Gasteiger partial charge in [-0.15, -0.1) is 0 Å². The normalized spacial score (nSPS) is 15.0. The van der Waals surface area contributed by atoms with Crippen LogP contribution >= 0.6 is 0 Å². The molecule has 1 aromatic heterocycles. The van der Waals surface area contributed by atoms with Crippen LogP contribution in [-0.4, -0.2) is 11.1 Å². The fraction of sp³-hybridized carbons (Fsp3) is 0.200. The van der Waals surface area contributed by atoms with Crippen LogP contribution in [0, 0.1) is 12.7 Å². The van der Waals surface area contributed by atoms with E-state index in [-0.39, 0.29) is 11.7 Å². The summed E-state index contributed by atoms with van der Waals surface area (Å²) in [6.07, 6.45) is 1.40. The first-order valence-corrected chi connectivity index (χ1v) is 8.19. The first-order valence-electron chi connectivity index (χ1n) is 8.19. The standard InChI is InChI=1S/C20H17FN2O2/c1-13-6-2-5-9-16(13)22-19(24)20(10-11-20)18-12-17(25-23-18)14-7-3-4-8-15(14)21/h2-9,12H,10-11H2,1H3,(H,22,24). The predicted molar refractivity (Wildman–Crippen MR) is 92.6 cm³/mol. The van der Waals surface area contributed by atoms with Crippen molar-refractivity contribution in [3.8, 4) is 11.3 Å². The van der Waals surface area contributed by atoms with Gasteiger partial charge in [0.2, 0.25) is 5.91 Å². The molecule has 0 aliphatic heterocycles. The summed E-state index contributed by atoms with van der Waals surface area (Å²) in [4.78, 5) is 12.8. The van der Waals surface area contributed by atoms with E-state index in [1.807, 2.05) is 31.2 Å². The zero-order valence-electron chi connectivity index (χ0n) is 13.8. The Kier molecular flexibility index (Phi) is 3.64. The third kappa shape index (κ3) is 2.71. The van der Waals surface area contributed by atoms with E-state index in [2.05, 4.69) is 10.5 Å². The number of para-hydroxylation sites is 1. The smallest absolute Gasteiger partial charge is 0.236 e. The summed E-state index contributed by atoms with van der Waals surface area (Å²) in [5.74, 6) is -0.141. The molecule has 0 bridgehead atoms. The molecule has 25 heavy (non-hydrogen) atoms. The van der Waals surface area contributed by atoms with E-state index in [0.29, 0.717) is 29.9 Å². The number of hydrogen-bond acceptors (Lipinski definition) is 3. The van der Waals surface area contributed by atoms with E-state index in [1.165, 1.54) is 6.07 Å². The lowest BCUT2D eigenvalue weighted by atomic mass is 10.00. The molecule has 0 saturated heterocycles. The second-order valence-corrected chi connectivity index (χ2v) is 6.41. The van der Waals surface area contributed by atoms with Crippen LogP contribution < -0.4 is 5.32 Å². The molecule has 5 heteroatoms. The minimum Gasteiger partial charge on any atom is -0.356 e. The van der Waals surface area contributed by atoms with Crippen molar-refractivity contribution >= 4 is 11.6 Å². The molecule has 126 valence electrons. The van der Waals surface area contributed by atoms with Crippen LogP contribution in [0.4, 0.5) is 10.1 Å². The van der Waals surface area contributed by atoms with Gasteiger partial charge in [0.25, 0.3) is 0 Å². The molecular formula is C20H17FN2O2. The Balaban J connectivity index is 1.61. The molecule has 1 aliphatic rings. The largest absolute Gasteiger partial charge is 0.356 e. The predicted octanol–water partition coefficient (Wildman–Crippen LogP) is 4.46. The van der Waals surface area contributed by atoms with Gasteiger partial charge in [0.05, 0.1) is 16.7 Å². The molecule has 1 amide bonds. The summed E-state index contributed by atoms with van der Waals surface area (Å²) < 4.78 is 19.2.